The maximum absolute atomic E-state index is 12.6. The number of benzene rings is 2. The largest absolute Gasteiger partial charge is 0.348 e. The second-order valence-electron chi connectivity index (χ2n) is 7.37. The van der Waals surface area contributed by atoms with E-state index < -0.39 is 10.0 Å². The first-order valence-electron chi connectivity index (χ1n) is 9.30. The second-order valence-corrected chi connectivity index (χ2v) is 9.71. The fraction of sp³-hybridized carbons (Fsp3) is 0.381. The van der Waals surface area contributed by atoms with Crippen LogP contribution in [0.15, 0.2) is 36.4 Å². The van der Waals surface area contributed by atoms with Crippen molar-refractivity contribution in [1.29, 1.82) is 0 Å². The summed E-state index contributed by atoms with van der Waals surface area (Å²) in [6.45, 7) is 3.40. The van der Waals surface area contributed by atoms with E-state index in [1.54, 1.807) is 25.1 Å². The van der Waals surface area contributed by atoms with E-state index in [2.05, 4.69) is 17.4 Å². The molecule has 0 saturated carbocycles. The third-order valence-electron chi connectivity index (χ3n) is 5.12. The van der Waals surface area contributed by atoms with Gasteiger partial charge < -0.3 is 5.32 Å². The Hall–Kier alpha value is -2.05. The lowest BCUT2D eigenvalue weighted by molar-refractivity contribution is -0.120. The summed E-state index contributed by atoms with van der Waals surface area (Å²) in [4.78, 5) is 12.6. The molecular weight excluding hydrogens is 396 g/mol. The van der Waals surface area contributed by atoms with Crippen LogP contribution in [0.3, 0.4) is 0 Å². The Morgan fingerprint density at radius 1 is 1.18 bits per heavy atom. The predicted octanol–water partition coefficient (Wildman–Crippen LogP) is 3.78. The zero-order valence-electron chi connectivity index (χ0n) is 16.3. The number of carbonyl (C=O) groups is 1. The molecule has 3 rings (SSSR count). The second kappa shape index (κ2) is 8.13. The maximum atomic E-state index is 12.6. The number of amides is 1. The number of rotatable bonds is 6. The highest BCUT2D eigenvalue weighted by Gasteiger charge is 2.23. The average molecular weight is 421 g/mol. The average Bonchev–Trinajstić information content (AvgIpc) is 3.07. The molecule has 0 spiro atoms. The van der Waals surface area contributed by atoms with Crippen LogP contribution in [-0.4, -0.2) is 27.1 Å². The quantitative estimate of drug-likeness (QED) is 0.773. The van der Waals surface area contributed by atoms with Crippen molar-refractivity contribution in [2.24, 2.45) is 0 Å². The molecule has 28 heavy (non-hydrogen) atoms. The standard InChI is InChI=1S/C21H25ClN2O3S/c1-14-11-19(22)9-10-20(14)24(28(3,26)27)13-21(25)23-15(2)17-8-7-16-5-4-6-18(16)12-17/h7-12,15H,4-6,13H2,1-3H3,(H,23,25). The van der Waals surface area contributed by atoms with Crippen LogP contribution in [0.1, 0.15) is 41.6 Å². The summed E-state index contributed by atoms with van der Waals surface area (Å²) in [6, 6.07) is 11.0. The van der Waals surface area contributed by atoms with E-state index in [1.165, 1.54) is 17.5 Å². The molecule has 0 aromatic heterocycles. The Bertz CT molecular complexity index is 1000. The van der Waals surface area contributed by atoms with Gasteiger partial charge in [0.25, 0.3) is 0 Å². The lowest BCUT2D eigenvalue weighted by atomic mass is 10.0. The predicted molar refractivity (Wildman–Crippen MR) is 113 cm³/mol. The molecule has 1 unspecified atom stereocenters. The maximum Gasteiger partial charge on any atom is 0.241 e. The van der Waals surface area contributed by atoms with Gasteiger partial charge in [-0.15, -0.1) is 0 Å². The molecule has 0 fully saturated rings. The summed E-state index contributed by atoms with van der Waals surface area (Å²) in [7, 11) is -3.63. The summed E-state index contributed by atoms with van der Waals surface area (Å²) < 4.78 is 25.7. The number of nitrogens with one attached hydrogen (secondary N) is 1. The Kier molecular flexibility index (Phi) is 6.01. The molecule has 0 radical (unpaired) electrons. The Balaban J connectivity index is 1.75. The van der Waals surface area contributed by atoms with E-state index >= 15 is 0 Å². The first-order chi connectivity index (χ1) is 13.1. The van der Waals surface area contributed by atoms with Crippen molar-refractivity contribution in [3.8, 4) is 0 Å². The number of fused-ring (bicyclic) bond motifs is 1. The molecule has 1 amide bonds. The zero-order valence-corrected chi connectivity index (χ0v) is 17.9. The Morgan fingerprint density at radius 2 is 1.89 bits per heavy atom. The lowest BCUT2D eigenvalue weighted by Crippen LogP contribution is -2.41. The first-order valence-corrected chi connectivity index (χ1v) is 11.5. The number of halogens is 1. The number of carbonyl (C=O) groups excluding carboxylic acids is 1. The van der Waals surface area contributed by atoms with Crippen LogP contribution in [0.5, 0.6) is 0 Å². The van der Waals surface area contributed by atoms with Crippen molar-refractivity contribution in [3.63, 3.8) is 0 Å². The van der Waals surface area contributed by atoms with Crippen LogP contribution in [0, 0.1) is 6.92 Å². The third kappa shape index (κ3) is 4.67. The van der Waals surface area contributed by atoms with Crippen LogP contribution in [0.25, 0.3) is 0 Å². The third-order valence-corrected chi connectivity index (χ3v) is 6.48. The van der Waals surface area contributed by atoms with Gasteiger partial charge in [-0.3, -0.25) is 9.10 Å². The topological polar surface area (TPSA) is 66.5 Å². The minimum absolute atomic E-state index is 0.203. The van der Waals surface area contributed by atoms with Gasteiger partial charge in [0.05, 0.1) is 18.0 Å². The van der Waals surface area contributed by atoms with Gasteiger partial charge in [-0.05, 0) is 73.6 Å². The summed E-state index contributed by atoms with van der Waals surface area (Å²) >= 11 is 5.97. The summed E-state index contributed by atoms with van der Waals surface area (Å²) in [5.41, 5.74) is 4.89. The van der Waals surface area contributed by atoms with E-state index in [1.807, 2.05) is 13.0 Å². The van der Waals surface area contributed by atoms with Gasteiger partial charge >= 0.3 is 0 Å². The number of anilines is 1. The minimum Gasteiger partial charge on any atom is -0.348 e. The molecule has 0 saturated heterocycles. The number of aryl methyl sites for hydroxylation is 3. The SMILES string of the molecule is Cc1cc(Cl)ccc1N(CC(=O)NC(C)c1ccc2c(c1)CCC2)S(C)(=O)=O. The van der Waals surface area contributed by atoms with E-state index in [9.17, 15) is 13.2 Å². The van der Waals surface area contributed by atoms with Crippen molar-refractivity contribution >= 4 is 33.2 Å². The highest BCUT2D eigenvalue weighted by Crippen LogP contribution is 2.27. The molecule has 0 aliphatic heterocycles. The molecule has 1 N–H and O–H groups in total. The highest BCUT2D eigenvalue weighted by atomic mass is 35.5. The first kappa shape index (κ1) is 20.7. The highest BCUT2D eigenvalue weighted by molar-refractivity contribution is 7.92. The van der Waals surface area contributed by atoms with Crippen molar-refractivity contribution in [3.05, 3.63) is 63.7 Å². The van der Waals surface area contributed by atoms with E-state index in [0.29, 0.717) is 16.3 Å². The number of hydrogen-bond donors (Lipinski definition) is 1. The van der Waals surface area contributed by atoms with Crippen LogP contribution in [0.4, 0.5) is 5.69 Å². The fourth-order valence-corrected chi connectivity index (χ4v) is 4.78. The van der Waals surface area contributed by atoms with Crippen LogP contribution in [0.2, 0.25) is 5.02 Å². The lowest BCUT2D eigenvalue weighted by Gasteiger charge is -2.25. The molecule has 5 nitrogen and oxygen atoms in total. The molecule has 7 heteroatoms. The molecule has 150 valence electrons. The molecule has 2 aromatic rings. The van der Waals surface area contributed by atoms with Crippen LogP contribution < -0.4 is 9.62 Å². The fourth-order valence-electron chi connectivity index (χ4n) is 3.64. The van der Waals surface area contributed by atoms with Gasteiger partial charge in [0.1, 0.15) is 6.54 Å². The van der Waals surface area contributed by atoms with Gasteiger partial charge in [-0.25, -0.2) is 8.42 Å². The zero-order chi connectivity index (χ0) is 20.5. The molecule has 0 bridgehead atoms. The van der Waals surface area contributed by atoms with E-state index in [4.69, 9.17) is 11.6 Å². The Morgan fingerprint density at radius 3 is 2.57 bits per heavy atom. The van der Waals surface area contributed by atoms with Crippen LogP contribution >= 0.6 is 11.6 Å². The smallest absolute Gasteiger partial charge is 0.241 e. The summed E-state index contributed by atoms with van der Waals surface area (Å²) in [5, 5.41) is 3.44. The summed E-state index contributed by atoms with van der Waals surface area (Å²) in [6.07, 6.45) is 4.45. The van der Waals surface area contributed by atoms with Gasteiger partial charge in [-0.1, -0.05) is 29.8 Å². The normalized spacial score (nSPS) is 14.4. The number of hydrogen-bond acceptors (Lipinski definition) is 3. The monoisotopic (exact) mass is 420 g/mol. The molecule has 1 atom stereocenters. The molecule has 1 aliphatic carbocycles. The summed E-state index contributed by atoms with van der Waals surface area (Å²) in [5.74, 6) is -0.354. The molecule has 0 heterocycles. The molecular formula is C21H25ClN2O3S. The minimum atomic E-state index is -3.63. The molecule has 2 aromatic carbocycles. The van der Waals surface area contributed by atoms with Crippen molar-refractivity contribution in [1.82, 2.24) is 5.32 Å². The van der Waals surface area contributed by atoms with Crippen molar-refractivity contribution in [2.45, 2.75) is 39.2 Å². The van der Waals surface area contributed by atoms with E-state index in [0.717, 1.165) is 29.0 Å². The van der Waals surface area contributed by atoms with Crippen LogP contribution in [-0.2, 0) is 27.7 Å². The van der Waals surface area contributed by atoms with Gasteiger partial charge in [0.2, 0.25) is 15.9 Å². The van der Waals surface area contributed by atoms with Gasteiger partial charge in [0, 0.05) is 5.02 Å². The number of sulfonamides is 1. The van der Waals surface area contributed by atoms with Crippen molar-refractivity contribution in [2.75, 3.05) is 17.1 Å². The van der Waals surface area contributed by atoms with Gasteiger partial charge in [0.15, 0.2) is 0 Å². The van der Waals surface area contributed by atoms with Crippen molar-refractivity contribution < 1.29 is 13.2 Å². The number of nitrogens with zero attached hydrogens (tertiary/aromatic N) is 1. The van der Waals surface area contributed by atoms with Gasteiger partial charge in [-0.2, -0.15) is 0 Å². The Labute approximate surface area is 171 Å². The van der Waals surface area contributed by atoms with E-state index in [-0.39, 0.29) is 18.5 Å². The molecule has 1 aliphatic rings.